The van der Waals surface area contributed by atoms with E-state index in [4.69, 9.17) is 22.6 Å². The molecular formula is C92H132N24O28. The Balaban J connectivity index is 1.02. The van der Waals surface area contributed by atoms with Gasteiger partial charge in [-0.05, 0) is 106 Å². The van der Waals surface area contributed by atoms with E-state index in [0.29, 0.717) is 24.8 Å². The van der Waals surface area contributed by atoms with Crippen LogP contribution in [-0.4, -0.2) is 352 Å². The number of rotatable bonds is 57. The molecule has 0 aliphatic carbocycles. The van der Waals surface area contributed by atoms with Crippen LogP contribution in [0.2, 0.25) is 0 Å². The third kappa shape index (κ3) is 35.4. The Kier molecular flexibility index (Phi) is 45.3. The Morgan fingerprint density at radius 3 is 1.38 bits per heavy atom. The summed E-state index contributed by atoms with van der Waals surface area (Å²) in [4.78, 5) is 330. The van der Waals surface area contributed by atoms with E-state index in [-0.39, 0.29) is 109 Å². The summed E-state index contributed by atoms with van der Waals surface area (Å²) < 4.78 is 0. The van der Waals surface area contributed by atoms with Gasteiger partial charge in [0.25, 0.3) is 0 Å². The first kappa shape index (κ1) is 116. The molecule has 52 nitrogen and oxygen atoms in total. The van der Waals surface area contributed by atoms with Crippen molar-refractivity contribution in [3.63, 3.8) is 0 Å². The number of hydrogen-bond donors (Lipinski definition) is 23. The molecule has 4 saturated heterocycles. The summed E-state index contributed by atoms with van der Waals surface area (Å²) in [6.45, 7) is 5.79. The molecule has 26 N–H and O–H groups in total. The molecule has 4 aliphatic rings. The number of nitrogens with one attached hydrogen (secondary N) is 15. The van der Waals surface area contributed by atoms with Gasteiger partial charge >= 0.3 is 23.9 Å². The van der Waals surface area contributed by atoms with Crippen molar-refractivity contribution in [2.75, 3.05) is 52.9 Å². The number of likely N-dealkylation sites (N-methyl/N-ethyl adjacent to an activating group) is 1. The summed E-state index contributed by atoms with van der Waals surface area (Å²) in [6.07, 6.45) is -2.82. The van der Waals surface area contributed by atoms with Crippen LogP contribution in [0.3, 0.4) is 0 Å². The molecule has 0 unspecified atom stereocenters. The Labute approximate surface area is 827 Å². The largest absolute Gasteiger partial charge is 0.481 e. The summed E-state index contributed by atoms with van der Waals surface area (Å²) >= 11 is 0. The lowest BCUT2D eigenvalue weighted by Crippen LogP contribution is -2.61. The Morgan fingerprint density at radius 1 is 0.465 bits per heavy atom. The van der Waals surface area contributed by atoms with Gasteiger partial charge in [0, 0.05) is 90.7 Å². The minimum atomic E-state index is -2.24. The molecule has 2 aromatic carbocycles. The molecule has 3 aromatic rings. The highest BCUT2D eigenvalue weighted by atomic mass is 16.4. The Bertz CT molecular complexity index is 5110. The molecule has 0 spiro atoms. The molecule has 4 fully saturated rings. The summed E-state index contributed by atoms with van der Waals surface area (Å²) in [6, 6.07) is -9.13. The molecule has 4 aliphatic heterocycles. The summed E-state index contributed by atoms with van der Waals surface area (Å²) in [7, 11) is 1.35. The molecule has 17 atom stereocenters. The van der Waals surface area contributed by atoms with Gasteiger partial charge in [-0.2, -0.15) is 0 Å². The number of carboxylic acid groups (broad SMARTS) is 4. The predicted molar refractivity (Wildman–Crippen MR) is 504 cm³/mol. The number of nitrogens with zero attached hydrogens (tertiary/aromatic N) is 6. The third-order valence-electron chi connectivity index (χ3n) is 24.9. The zero-order chi connectivity index (χ0) is 106. The molecular weight excluding hydrogens is 1890 g/mol. The fourth-order valence-corrected chi connectivity index (χ4v) is 17.3. The summed E-state index contributed by atoms with van der Waals surface area (Å²) in [5.74, 6) is -27.1. The van der Waals surface area contributed by atoms with E-state index >= 15 is 4.79 Å². The molecule has 0 bridgehead atoms. The number of hydrogen-bond acceptors (Lipinski definition) is 26. The number of aliphatic hydroxyl groups is 1. The van der Waals surface area contributed by atoms with Gasteiger partial charge in [0.1, 0.15) is 96.7 Å². The van der Waals surface area contributed by atoms with Crippen LogP contribution in [0, 0.1) is 17.2 Å². The maximum absolute atomic E-state index is 15.0. The first-order chi connectivity index (χ1) is 68.2. The fraction of sp³-hybridized carbons (Fsp3) is 0.576. The van der Waals surface area contributed by atoms with E-state index < -0.39 is 316 Å². The molecule has 0 saturated carbocycles. The lowest BCUT2D eigenvalue weighted by Gasteiger charge is -2.36. The third-order valence-corrected chi connectivity index (χ3v) is 24.9. The number of aromatic nitrogens is 2. The number of imidazole rings is 1. The van der Waals surface area contributed by atoms with E-state index in [1.807, 2.05) is 10.6 Å². The van der Waals surface area contributed by atoms with Gasteiger partial charge in [-0.3, -0.25) is 111 Å². The summed E-state index contributed by atoms with van der Waals surface area (Å²) in [5.41, 5.74) is 17.7. The van der Waals surface area contributed by atoms with Crippen molar-refractivity contribution < 1.29 is 136 Å². The fourth-order valence-electron chi connectivity index (χ4n) is 17.3. The second kappa shape index (κ2) is 56.4. The van der Waals surface area contributed by atoms with Crippen LogP contribution in [0.4, 0.5) is 0 Å². The number of amides is 19. The SMILES string of the molecule is CC[C@H](C)[C@H](NC(=O)[C@@H]1CCCN1C(=O)[C@H](CCC(=O)O)NC(=O)[C@H](Cc1ccccc1)NC(=O)[C@H](CC(=O)O)NC(=O)CNC(=O)[C@H](CC(=O)O)NC(=O)[C@H](CC(N)=O)NC(=O)[C@H](Cc1cnc[nH]1)NC(=O)[C@H](CO)NC(=O)[C@H](CCC(N)=O)NC(=O)[C@@H]1CCCN1C(=O)[C@H](CCCNC(=N)N)N(C)C(=O)[C@@H]1CCCN1C(=O)[C@H](Cc1ccccc1)NC(C)=O)C(=O)N1CCC[C@H]1C(=O)N[C@@H](CC(C)C)C(=O)O. The van der Waals surface area contributed by atoms with Crippen LogP contribution in [0.1, 0.15) is 173 Å². The van der Waals surface area contributed by atoms with Crippen LogP contribution < -0.4 is 86.3 Å². The number of nitrogens with two attached hydrogens (primary N) is 3. The molecule has 0 radical (unpaired) electrons. The maximum atomic E-state index is 15.0. The predicted octanol–water partition coefficient (Wildman–Crippen LogP) is -6.92. The van der Waals surface area contributed by atoms with Gasteiger partial charge in [0.2, 0.25) is 112 Å². The first-order valence-electron chi connectivity index (χ1n) is 47.5. The maximum Gasteiger partial charge on any atom is 0.326 e. The van der Waals surface area contributed by atoms with E-state index in [2.05, 4.69) is 68.5 Å². The second-order valence-electron chi connectivity index (χ2n) is 36.3. The van der Waals surface area contributed by atoms with Crippen LogP contribution in [0.5, 0.6) is 0 Å². The number of guanidine groups is 1. The molecule has 5 heterocycles. The van der Waals surface area contributed by atoms with Gasteiger partial charge in [0.15, 0.2) is 5.96 Å². The van der Waals surface area contributed by atoms with E-state index in [0.717, 1.165) is 16.8 Å². The van der Waals surface area contributed by atoms with Crippen LogP contribution in [0.25, 0.3) is 0 Å². The van der Waals surface area contributed by atoms with Crippen molar-refractivity contribution in [2.24, 2.45) is 29.0 Å². The van der Waals surface area contributed by atoms with E-state index in [9.17, 15) is 131 Å². The highest BCUT2D eigenvalue weighted by Gasteiger charge is 2.48. The Morgan fingerprint density at radius 2 is 0.903 bits per heavy atom. The zero-order valence-corrected chi connectivity index (χ0v) is 80.9. The number of aromatic amines is 1. The van der Waals surface area contributed by atoms with Crippen molar-refractivity contribution in [3.05, 3.63) is 90.0 Å². The zero-order valence-electron chi connectivity index (χ0n) is 80.9. The lowest BCUT2D eigenvalue weighted by molar-refractivity contribution is -0.152. The van der Waals surface area contributed by atoms with Crippen molar-refractivity contribution >= 4 is 142 Å². The monoisotopic (exact) mass is 2020 g/mol. The number of aliphatic carboxylic acids is 4. The van der Waals surface area contributed by atoms with Crippen molar-refractivity contribution in [1.29, 1.82) is 5.41 Å². The number of carboxylic acids is 4. The van der Waals surface area contributed by atoms with Crippen molar-refractivity contribution in [3.8, 4) is 0 Å². The average Bonchev–Trinajstić information content (AvgIpc) is 1.63. The van der Waals surface area contributed by atoms with Gasteiger partial charge < -0.3 is 141 Å². The van der Waals surface area contributed by atoms with E-state index in [1.165, 1.54) is 51.9 Å². The number of benzene rings is 2. The van der Waals surface area contributed by atoms with Crippen LogP contribution >= 0.6 is 0 Å². The number of aliphatic hydroxyl groups excluding tert-OH is 1. The standard InChI is InChI=1S/C92H132N24O28/c1-7-49(4)75(90(142)115-35-17-25-65(115)84(136)109-62(91(143)144)37-48(2)3)111-85(137)66-26-15-33-113(66)86(138)55(29-31-72(122)123)104-78(130)56(38-51-19-10-8-11-20-51)105-81(133)60(43-74(126)127)102-71(121)45-99-76(128)59(42-73(124)125)108-80(132)58(41-70(94)120)107-79(131)57(40-53-44-97-47-100-53)106-82(134)63(46-117)110-77(129)54(28-30-69(93)119)103-83(135)64-24-16-34-114(64)89(141)67(23-14-32-98-92(95)96)112(6)88(140)68-27-18-36-116(68)87(139)61(101-50(5)118)39-52-21-12-9-13-22-52/h8-13,19-22,44,47-49,54-68,75,117H,7,14-18,23-43,45-46H2,1-6H3,(H2,93,119)(H2,94,120)(H,97,100)(H,99,128)(H,101,118)(H,102,121)(H,103,135)(H,104,130)(H,105,133)(H,106,134)(H,107,131)(H,108,132)(H,109,136)(H,110,129)(H,111,137)(H,122,123)(H,124,125)(H,126,127)(H,143,144)(H4,95,96,98)/t49-,54-,55-,56-,57-,58-,59-,60-,61-,62-,63-,64-,65-,66-,67-,68-,75-/m0/s1. The van der Waals surface area contributed by atoms with Gasteiger partial charge in [-0.1, -0.05) is 94.8 Å². The Hall–Kier alpha value is -15.3. The van der Waals surface area contributed by atoms with Gasteiger partial charge in [-0.25, -0.2) is 9.78 Å². The highest BCUT2D eigenvalue weighted by Crippen LogP contribution is 2.29. The summed E-state index contributed by atoms with van der Waals surface area (Å²) in [5, 5.41) is 89.0. The smallest absolute Gasteiger partial charge is 0.326 e. The minimum Gasteiger partial charge on any atom is -0.481 e. The van der Waals surface area contributed by atoms with E-state index in [1.54, 1.807) is 76.2 Å². The molecule has 7 rings (SSSR count). The molecule has 788 valence electrons. The topological polar surface area (TPSA) is 797 Å². The highest BCUT2D eigenvalue weighted by molar-refractivity contribution is 6.03. The van der Waals surface area contributed by atoms with Gasteiger partial charge in [-0.15, -0.1) is 0 Å². The average molecular weight is 2020 g/mol. The van der Waals surface area contributed by atoms with Crippen molar-refractivity contribution in [1.82, 2.24) is 104 Å². The normalized spacial score (nSPS) is 18.1. The first-order valence-corrected chi connectivity index (χ1v) is 47.5. The molecule has 19 amide bonds. The number of H-pyrrole nitrogens is 1. The van der Waals surface area contributed by atoms with Gasteiger partial charge in [0.05, 0.1) is 38.7 Å². The lowest BCUT2D eigenvalue weighted by atomic mass is 9.96. The molecule has 1 aromatic heterocycles. The molecule has 144 heavy (non-hydrogen) atoms. The van der Waals surface area contributed by atoms with Crippen molar-refractivity contribution in [2.45, 2.75) is 273 Å². The quantitative estimate of drug-likeness (QED) is 0.0142. The molecule has 52 heteroatoms. The number of primary amides is 2. The number of likely N-dealkylation sites (tertiary alicyclic amines) is 4. The van der Waals surface area contributed by atoms with Crippen LogP contribution in [0.15, 0.2) is 73.2 Å². The second-order valence-corrected chi connectivity index (χ2v) is 36.3. The minimum absolute atomic E-state index is 0.0104. The van der Waals surface area contributed by atoms with Crippen LogP contribution in [-0.2, 0) is 130 Å². The number of carbonyl (C=O) groups is 23. The number of carbonyl (C=O) groups excluding carboxylic acids is 19.